The minimum Gasteiger partial charge on any atom is -0.386 e. The molecule has 0 amide bonds. The van der Waals surface area contributed by atoms with Gasteiger partial charge in [-0.05, 0) is 98.4 Å². The minimum atomic E-state index is -3.99. The smallest absolute Gasteiger partial charge is 0.273 e. The lowest BCUT2D eigenvalue weighted by Crippen LogP contribution is -2.22. The highest BCUT2D eigenvalue weighted by molar-refractivity contribution is 7.91. The van der Waals surface area contributed by atoms with Crippen LogP contribution in [0.1, 0.15) is 54.5 Å². The summed E-state index contributed by atoms with van der Waals surface area (Å²) in [6.07, 6.45) is 6.41. The van der Waals surface area contributed by atoms with Crippen LogP contribution in [0.5, 0.6) is 0 Å². The molecule has 2 aliphatic carbocycles. The molecule has 0 saturated heterocycles. The van der Waals surface area contributed by atoms with Crippen LogP contribution in [-0.4, -0.2) is 43.0 Å². The van der Waals surface area contributed by atoms with Gasteiger partial charge in [-0.1, -0.05) is 37.8 Å². The molecule has 5 rings (SSSR count). The first kappa shape index (κ1) is 28.0. The van der Waals surface area contributed by atoms with Crippen molar-refractivity contribution in [1.29, 1.82) is 0 Å². The summed E-state index contributed by atoms with van der Waals surface area (Å²) in [5.41, 5.74) is 6.04. The average molecular weight is 569 g/mol. The van der Waals surface area contributed by atoms with Gasteiger partial charge in [0.2, 0.25) is 15.8 Å². The van der Waals surface area contributed by atoms with Crippen LogP contribution in [0.25, 0.3) is 0 Å². The molecule has 0 radical (unpaired) electrons. The van der Waals surface area contributed by atoms with Crippen LogP contribution in [-0.2, 0) is 52.6 Å². The van der Waals surface area contributed by atoms with Gasteiger partial charge in [-0.2, -0.15) is 4.98 Å². The van der Waals surface area contributed by atoms with Crippen LogP contribution in [0.2, 0.25) is 25.7 Å². The molecule has 39 heavy (non-hydrogen) atoms. The van der Waals surface area contributed by atoms with Crippen LogP contribution in [0.3, 0.4) is 0 Å². The molecule has 3 aromatic rings. The highest BCUT2D eigenvalue weighted by Crippen LogP contribution is 2.40. The molecular weight excluding hydrogens is 528 g/mol. The van der Waals surface area contributed by atoms with E-state index in [1.165, 1.54) is 39.1 Å². The Labute approximate surface area is 232 Å². The summed E-state index contributed by atoms with van der Waals surface area (Å²) < 4.78 is 34.7. The Bertz CT molecular complexity index is 1440. The molecule has 0 aliphatic heterocycles. The van der Waals surface area contributed by atoms with Gasteiger partial charge in [0.05, 0.1) is 10.5 Å². The first-order valence-electron chi connectivity index (χ1n) is 13.9. The molecular formula is C29H40N4O4SSi. The van der Waals surface area contributed by atoms with E-state index in [1.54, 1.807) is 26.0 Å². The number of anilines is 2. The number of hydrogen-bond donors (Lipinski definition) is 2. The highest BCUT2D eigenvalue weighted by Gasteiger charge is 2.29. The number of aliphatic hydroxyl groups is 1. The van der Waals surface area contributed by atoms with Crippen molar-refractivity contribution in [3.05, 3.63) is 58.1 Å². The molecule has 0 unspecified atom stereocenters. The van der Waals surface area contributed by atoms with Gasteiger partial charge in [0.15, 0.2) is 0 Å². The molecule has 0 bridgehead atoms. The molecule has 0 fully saturated rings. The zero-order chi connectivity index (χ0) is 28.0. The van der Waals surface area contributed by atoms with Crippen molar-refractivity contribution in [3.8, 4) is 0 Å². The van der Waals surface area contributed by atoms with Crippen LogP contribution in [0.15, 0.2) is 40.4 Å². The summed E-state index contributed by atoms with van der Waals surface area (Å²) >= 11 is 0. The number of nitrogens with one attached hydrogen (secondary N) is 1. The van der Waals surface area contributed by atoms with Gasteiger partial charge in [0.1, 0.15) is 6.73 Å². The Hall–Kier alpha value is -2.53. The normalized spacial score (nSPS) is 15.4. The van der Waals surface area contributed by atoms with Crippen molar-refractivity contribution in [1.82, 2.24) is 14.8 Å². The predicted molar refractivity (Wildman–Crippen MR) is 155 cm³/mol. The zero-order valence-corrected chi connectivity index (χ0v) is 25.5. The lowest BCUT2D eigenvalue weighted by Gasteiger charge is -2.18. The average Bonchev–Trinajstić information content (AvgIpc) is 3.60. The molecule has 1 heterocycles. The third-order valence-electron chi connectivity index (χ3n) is 7.68. The summed E-state index contributed by atoms with van der Waals surface area (Å²) in [5, 5.41) is 18.0. The maximum atomic E-state index is 13.6. The van der Waals surface area contributed by atoms with Gasteiger partial charge < -0.3 is 15.2 Å². The van der Waals surface area contributed by atoms with E-state index < -0.39 is 23.5 Å². The van der Waals surface area contributed by atoms with E-state index in [4.69, 9.17) is 4.74 Å². The largest absolute Gasteiger partial charge is 0.386 e. The summed E-state index contributed by atoms with van der Waals surface area (Å²) in [6, 6.07) is 9.62. The molecule has 0 spiro atoms. The number of fused-ring (bicyclic) bond motifs is 2. The van der Waals surface area contributed by atoms with Gasteiger partial charge in [-0.3, -0.25) is 0 Å². The van der Waals surface area contributed by atoms with Crippen LogP contribution in [0.4, 0.5) is 11.6 Å². The fourth-order valence-corrected chi connectivity index (χ4v) is 7.25. The minimum absolute atomic E-state index is 0.0837. The third-order valence-corrected chi connectivity index (χ3v) is 10.9. The maximum absolute atomic E-state index is 13.6. The molecule has 0 saturated carbocycles. The second-order valence-electron chi connectivity index (χ2n) is 12.5. The van der Waals surface area contributed by atoms with E-state index in [0.29, 0.717) is 18.1 Å². The van der Waals surface area contributed by atoms with Crippen molar-refractivity contribution >= 4 is 29.5 Å². The van der Waals surface area contributed by atoms with E-state index in [-0.39, 0.29) is 16.8 Å². The second-order valence-corrected chi connectivity index (χ2v) is 20.0. The molecule has 1 aromatic heterocycles. The van der Waals surface area contributed by atoms with Crippen molar-refractivity contribution in [2.75, 3.05) is 11.9 Å². The lowest BCUT2D eigenvalue weighted by atomic mass is 9.99. The van der Waals surface area contributed by atoms with E-state index in [1.807, 2.05) is 0 Å². The molecule has 0 atom stereocenters. The lowest BCUT2D eigenvalue weighted by molar-refractivity contribution is 0.0784. The summed E-state index contributed by atoms with van der Waals surface area (Å²) in [7, 11) is -5.27. The summed E-state index contributed by atoms with van der Waals surface area (Å²) in [6.45, 7) is 10.9. The first-order chi connectivity index (χ1) is 18.3. The number of benzene rings is 2. The second kappa shape index (κ2) is 10.5. The van der Waals surface area contributed by atoms with E-state index in [9.17, 15) is 13.5 Å². The number of hydrogen-bond acceptors (Lipinski definition) is 7. The quantitative estimate of drug-likeness (QED) is 0.250. The van der Waals surface area contributed by atoms with Crippen LogP contribution >= 0.6 is 0 Å². The fourth-order valence-electron chi connectivity index (χ4n) is 5.37. The van der Waals surface area contributed by atoms with E-state index in [2.05, 4.69) is 41.1 Å². The predicted octanol–water partition coefficient (Wildman–Crippen LogP) is 5.37. The SMILES string of the molecule is CC(C)(O)c1ccc(S(=O)(=O)c2nc(Nc3c4c(cc5c3CCC5)CCC4)n(COCC[Si](C)(C)C)n2)cc1. The molecule has 2 aromatic carbocycles. The van der Waals surface area contributed by atoms with Gasteiger partial charge >= 0.3 is 0 Å². The van der Waals surface area contributed by atoms with E-state index >= 15 is 0 Å². The number of ether oxygens (including phenoxy) is 1. The van der Waals surface area contributed by atoms with Gasteiger partial charge in [0, 0.05) is 20.4 Å². The highest BCUT2D eigenvalue weighted by atomic mass is 32.2. The van der Waals surface area contributed by atoms with E-state index in [0.717, 1.165) is 50.3 Å². The molecule has 10 heteroatoms. The van der Waals surface area contributed by atoms with Crippen molar-refractivity contribution in [3.63, 3.8) is 0 Å². The van der Waals surface area contributed by atoms with Crippen LogP contribution < -0.4 is 5.32 Å². The molecule has 2 N–H and O–H groups in total. The number of nitrogens with zero attached hydrogens (tertiary/aromatic N) is 3. The van der Waals surface area contributed by atoms with Crippen molar-refractivity contribution in [2.24, 2.45) is 0 Å². The Morgan fingerprint density at radius 2 is 1.64 bits per heavy atom. The molecule has 2 aliphatic rings. The monoisotopic (exact) mass is 568 g/mol. The maximum Gasteiger partial charge on any atom is 0.273 e. The number of sulfone groups is 1. The summed E-state index contributed by atoms with van der Waals surface area (Å²) in [5.74, 6) is 0.379. The summed E-state index contributed by atoms with van der Waals surface area (Å²) in [4.78, 5) is 4.62. The fraction of sp³-hybridized carbons (Fsp3) is 0.517. The number of aryl methyl sites for hydroxylation is 2. The zero-order valence-electron chi connectivity index (χ0n) is 23.7. The Kier molecular flexibility index (Phi) is 7.51. The molecule has 210 valence electrons. The van der Waals surface area contributed by atoms with Crippen molar-refractivity contribution in [2.45, 2.75) is 100 Å². The Morgan fingerprint density at radius 3 is 2.21 bits per heavy atom. The third kappa shape index (κ3) is 5.99. The van der Waals surface area contributed by atoms with Gasteiger partial charge in [-0.25, -0.2) is 13.1 Å². The number of rotatable bonds is 10. The topological polar surface area (TPSA) is 106 Å². The molecule has 8 nitrogen and oxygen atoms in total. The van der Waals surface area contributed by atoms with Gasteiger partial charge in [-0.15, -0.1) is 5.10 Å². The van der Waals surface area contributed by atoms with Gasteiger partial charge in [0.25, 0.3) is 5.16 Å². The standard InChI is InChI=1S/C29H40N4O4SSi/c1-29(2,34)22-12-14-23(15-13-22)38(35,36)28-31-27(33(32-28)19-37-16-17-39(3,4)5)30-26-24-10-6-8-20(24)18-21-9-7-11-25(21)26/h12-15,18,34H,6-11,16-17,19H2,1-5H3,(H,30,31,32). The number of aromatic nitrogens is 3. The Balaban J connectivity index is 1.50. The Morgan fingerprint density at radius 1 is 1.03 bits per heavy atom. The van der Waals surface area contributed by atoms with Crippen molar-refractivity contribution < 1.29 is 18.3 Å². The first-order valence-corrected chi connectivity index (χ1v) is 19.1. The van der Waals surface area contributed by atoms with Crippen LogP contribution in [0, 0.1) is 0 Å².